The number of aromatic hydroxyl groups is 1. The van der Waals surface area contributed by atoms with E-state index in [0.717, 1.165) is 41.9 Å². The number of hydrogen-bond donors (Lipinski definition) is 3. The van der Waals surface area contributed by atoms with Crippen LogP contribution < -0.4 is 5.56 Å². The van der Waals surface area contributed by atoms with Gasteiger partial charge in [-0.1, -0.05) is 6.07 Å². The van der Waals surface area contributed by atoms with E-state index < -0.39 is 5.97 Å². The molecule has 9 heteroatoms. The van der Waals surface area contributed by atoms with E-state index in [0.29, 0.717) is 16.1 Å². The van der Waals surface area contributed by atoms with Gasteiger partial charge in [0.25, 0.3) is 5.56 Å². The summed E-state index contributed by atoms with van der Waals surface area (Å²) in [5.41, 5.74) is 5.25. The molecule has 0 bridgehead atoms. The number of aromatic nitrogens is 2. The molecule has 2 aromatic carbocycles. The number of nitrogens with zero attached hydrogens (tertiary/aromatic N) is 3. The molecule has 0 radical (unpaired) electrons. The average Bonchev–Trinajstić information content (AvgIpc) is 3.44. The van der Waals surface area contributed by atoms with Crippen LogP contribution in [0.5, 0.6) is 5.75 Å². The summed E-state index contributed by atoms with van der Waals surface area (Å²) < 4.78 is 1.47. The second-order valence-electron chi connectivity index (χ2n) is 8.74. The highest BCUT2D eigenvalue weighted by atomic mass is 32.1. The molecular formula is C26H24N4O4S. The molecule has 0 atom stereocenters. The number of aryl methyl sites for hydroxylation is 4. The van der Waals surface area contributed by atoms with Crippen LogP contribution in [0.3, 0.4) is 0 Å². The van der Waals surface area contributed by atoms with Crippen molar-refractivity contribution in [1.82, 2.24) is 9.78 Å². The number of hydrogen-bond acceptors (Lipinski definition) is 6. The number of carbonyl (C=O) groups is 1. The number of aromatic carboxylic acids is 1. The quantitative estimate of drug-likeness (QED) is 0.289. The molecule has 0 spiro atoms. The zero-order chi connectivity index (χ0) is 24.7. The summed E-state index contributed by atoms with van der Waals surface area (Å²) in [4.78, 5) is 25.2. The van der Waals surface area contributed by atoms with E-state index in [1.807, 2.05) is 13.0 Å². The number of nitrogens with one attached hydrogen (secondary N) is 1. The van der Waals surface area contributed by atoms with Gasteiger partial charge < -0.3 is 10.2 Å². The van der Waals surface area contributed by atoms with Crippen LogP contribution in [-0.2, 0) is 12.8 Å². The van der Waals surface area contributed by atoms with Crippen molar-refractivity contribution in [2.75, 3.05) is 0 Å². The highest BCUT2D eigenvalue weighted by Crippen LogP contribution is 2.41. The van der Waals surface area contributed by atoms with E-state index >= 15 is 0 Å². The third-order valence-electron chi connectivity index (χ3n) is 6.20. The van der Waals surface area contributed by atoms with Crippen molar-refractivity contribution in [2.24, 2.45) is 10.2 Å². The van der Waals surface area contributed by atoms with E-state index in [1.165, 1.54) is 28.3 Å². The highest BCUT2D eigenvalue weighted by molar-refractivity contribution is 7.17. The number of carboxylic acids is 1. The Hall–Kier alpha value is -3.98. The Bertz CT molecular complexity index is 1540. The fourth-order valence-corrected chi connectivity index (χ4v) is 5.28. The van der Waals surface area contributed by atoms with Crippen molar-refractivity contribution in [2.45, 2.75) is 39.5 Å². The van der Waals surface area contributed by atoms with Gasteiger partial charge in [-0.05, 0) is 92.6 Å². The number of fused-ring (bicyclic) bond motifs is 1. The Labute approximate surface area is 205 Å². The Kier molecular flexibility index (Phi) is 5.86. The SMILES string of the molecule is Cc1cc(N=Nc2c(C)[nH]n(-c3ccc4c(c3)CCCC4)c2=O)c(O)c(-c2ccc(C(=O)O)s2)c1. The number of carboxylic acid groups (broad SMARTS) is 1. The predicted octanol–water partition coefficient (Wildman–Crippen LogP) is 6.21. The van der Waals surface area contributed by atoms with Crippen LogP contribution in [-0.4, -0.2) is 26.0 Å². The Balaban J connectivity index is 1.50. The summed E-state index contributed by atoms with van der Waals surface area (Å²) in [7, 11) is 0. The van der Waals surface area contributed by atoms with Crippen molar-refractivity contribution in [1.29, 1.82) is 0 Å². The molecule has 178 valence electrons. The smallest absolute Gasteiger partial charge is 0.345 e. The summed E-state index contributed by atoms with van der Waals surface area (Å²) in [5.74, 6) is -1.15. The van der Waals surface area contributed by atoms with Gasteiger partial charge in [0.2, 0.25) is 0 Å². The summed E-state index contributed by atoms with van der Waals surface area (Å²) >= 11 is 1.07. The molecule has 4 aromatic rings. The van der Waals surface area contributed by atoms with E-state index in [-0.39, 0.29) is 27.6 Å². The number of phenols is 1. The van der Waals surface area contributed by atoms with Gasteiger partial charge in [0.05, 0.1) is 11.4 Å². The minimum Gasteiger partial charge on any atom is -0.505 e. The van der Waals surface area contributed by atoms with Gasteiger partial charge in [0, 0.05) is 10.4 Å². The van der Waals surface area contributed by atoms with Crippen LogP contribution in [0, 0.1) is 13.8 Å². The van der Waals surface area contributed by atoms with Crippen LogP contribution >= 0.6 is 11.3 Å². The van der Waals surface area contributed by atoms with E-state index in [4.69, 9.17) is 0 Å². The van der Waals surface area contributed by atoms with Gasteiger partial charge >= 0.3 is 5.97 Å². The minimum atomic E-state index is -1.02. The first kappa shape index (κ1) is 22.8. The molecule has 3 N–H and O–H groups in total. The fourth-order valence-electron chi connectivity index (χ4n) is 4.42. The highest BCUT2D eigenvalue weighted by Gasteiger charge is 2.17. The molecule has 0 unspecified atom stereocenters. The van der Waals surface area contributed by atoms with Gasteiger partial charge in [-0.15, -0.1) is 21.6 Å². The maximum Gasteiger partial charge on any atom is 0.345 e. The molecule has 0 amide bonds. The van der Waals surface area contributed by atoms with Gasteiger partial charge in [-0.25, -0.2) is 9.48 Å². The van der Waals surface area contributed by atoms with Crippen molar-refractivity contribution < 1.29 is 15.0 Å². The molecule has 0 aliphatic heterocycles. The number of benzene rings is 2. The zero-order valence-electron chi connectivity index (χ0n) is 19.3. The van der Waals surface area contributed by atoms with Crippen molar-refractivity contribution in [3.63, 3.8) is 0 Å². The van der Waals surface area contributed by atoms with E-state index in [2.05, 4.69) is 27.5 Å². The normalized spacial score (nSPS) is 13.3. The number of azo groups is 1. The van der Waals surface area contributed by atoms with E-state index in [1.54, 1.807) is 25.1 Å². The number of thiophene rings is 1. The topological polar surface area (TPSA) is 120 Å². The van der Waals surface area contributed by atoms with Gasteiger partial charge in [0.1, 0.15) is 10.6 Å². The third kappa shape index (κ3) is 4.30. The second kappa shape index (κ2) is 8.99. The van der Waals surface area contributed by atoms with Crippen LogP contribution in [0.15, 0.2) is 57.5 Å². The van der Waals surface area contributed by atoms with E-state index in [9.17, 15) is 19.8 Å². The molecule has 1 aliphatic rings. The first-order chi connectivity index (χ1) is 16.8. The molecule has 35 heavy (non-hydrogen) atoms. The average molecular weight is 489 g/mol. The van der Waals surface area contributed by atoms with Crippen molar-refractivity contribution in [3.8, 4) is 21.9 Å². The maximum absolute atomic E-state index is 13.1. The predicted molar refractivity (Wildman–Crippen MR) is 135 cm³/mol. The molecule has 0 saturated carbocycles. The lowest BCUT2D eigenvalue weighted by Crippen LogP contribution is -2.15. The maximum atomic E-state index is 13.1. The van der Waals surface area contributed by atoms with Gasteiger partial charge in [0.15, 0.2) is 11.4 Å². The number of phenolic OH excluding ortho intramolecular Hbond substituents is 1. The lowest BCUT2D eigenvalue weighted by atomic mass is 9.91. The van der Waals surface area contributed by atoms with Crippen LogP contribution in [0.4, 0.5) is 11.4 Å². The Morgan fingerprint density at radius 3 is 2.54 bits per heavy atom. The Morgan fingerprint density at radius 1 is 1.03 bits per heavy atom. The number of H-pyrrole nitrogens is 1. The minimum absolute atomic E-state index is 0.124. The third-order valence-corrected chi connectivity index (χ3v) is 7.31. The summed E-state index contributed by atoms with van der Waals surface area (Å²) in [6.45, 7) is 3.60. The monoisotopic (exact) mass is 488 g/mol. The fraction of sp³-hybridized carbons (Fsp3) is 0.231. The molecule has 1 aliphatic carbocycles. The van der Waals surface area contributed by atoms with Crippen LogP contribution in [0.2, 0.25) is 0 Å². The molecular weight excluding hydrogens is 464 g/mol. The number of aromatic amines is 1. The molecule has 2 aromatic heterocycles. The first-order valence-corrected chi connectivity index (χ1v) is 12.2. The van der Waals surface area contributed by atoms with Crippen molar-refractivity contribution >= 4 is 28.7 Å². The lowest BCUT2D eigenvalue weighted by molar-refractivity contribution is 0.0702. The number of rotatable bonds is 5. The Morgan fingerprint density at radius 2 is 1.80 bits per heavy atom. The van der Waals surface area contributed by atoms with Crippen molar-refractivity contribution in [3.05, 3.63) is 80.1 Å². The van der Waals surface area contributed by atoms with Crippen LogP contribution in [0.1, 0.15) is 44.9 Å². The molecule has 0 fully saturated rings. The summed E-state index contributed by atoms with van der Waals surface area (Å²) in [5, 5.41) is 31.5. The molecule has 0 saturated heterocycles. The van der Waals surface area contributed by atoms with Crippen LogP contribution in [0.25, 0.3) is 16.1 Å². The summed E-state index contributed by atoms with van der Waals surface area (Å²) in [6, 6.07) is 12.6. The molecule has 5 rings (SSSR count). The second-order valence-corrected chi connectivity index (χ2v) is 9.82. The lowest BCUT2D eigenvalue weighted by Gasteiger charge is -2.16. The molecule has 8 nitrogen and oxygen atoms in total. The molecule has 2 heterocycles. The zero-order valence-corrected chi connectivity index (χ0v) is 20.1. The van der Waals surface area contributed by atoms with Gasteiger partial charge in [-0.2, -0.15) is 0 Å². The standard InChI is InChI=1S/C26H24N4O4S/c1-14-11-19(21-9-10-22(35-21)26(33)34)24(31)20(12-14)27-28-23-15(2)29-30(25(23)32)18-8-7-16-5-3-4-6-17(16)13-18/h7-13,29,31H,3-6H2,1-2H3,(H,33,34). The largest absolute Gasteiger partial charge is 0.505 e. The van der Waals surface area contributed by atoms with Gasteiger partial charge in [-0.3, -0.25) is 9.89 Å². The first-order valence-electron chi connectivity index (χ1n) is 11.3. The summed E-state index contributed by atoms with van der Waals surface area (Å²) in [6.07, 6.45) is 4.43.